The molecule has 3 aromatic rings. The first-order valence-electron chi connectivity index (χ1n) is 11.4. The molecule has 0 unspecified atom stereocenters. The molecule has 5 rings (SSSR count). The van der Waals surface area contributed by atoms with Crippen LogP contribution in [0.25, 0.3) is 10.9 Å². The van der Waals surface area contributed by atoms with Crippen molar-refractivity contribution in [2.45, 2.75) is 18.8 Å². The minimum absolute atomic E-state index is 0.221. The second-order valence-corrected chi connectivity index (χ2v) is 8.67. The normalized spacial score (nSPS) is 17.5. The second-order valence-electron chi connectivity index (χ2n) is 8.67. The van der Waals surface area contributed by atoms with Crippen LogP contribution in [0.4, 0.5) is 11.4 Å². The highest BCUT2D eigenvalue weighted by molar-refractivity contribution is 5.94. The summed E-state index contributed by atoms with van der Waals surface area (Å²) in [4.78, 5) is 17.5. The second kappa shape index (κ2) is 8.68. The van der Waals surface area contributed by atoms with Crippen LogP contribution in [0.2, 0.25) is 0 Å². The number of ether oxygens (including phenoxy) is 1. The summed E-state index contributed by atoms with van der Waals surface area (Å²) in [6.07, 6.45) is 2.00. The Hall–Kier alpha value is -3.30. The van der Waals surface area contributed by atoms with Gasteiger partial charge in [0.2, 0.25) is 0 Å². The summed E-state index contributed by atoms with van der Waals surface area (Å²) >= 11 is 0. The lowest BCUT2D eigenvalue weighted by atomic mass is 9.88. The van der Waals surface area contributed by atoms with Gasteiger partial charge in [-0.3, -0.25) is 4.79 Å². The Labute approximate surface area is 188 Å². The number of rotatable bonds is 3. The van der Waals surface area contributed by atoms with Gasteiger partial charge in [-0.25, -0.2) is 0 Å². The fraction of sp³-hybridized carbons (Fsp3) is 0.385. The summed E-state index contributed by atoms with van der Waals surface area (Å²) in [6, 6.07) is 19.0. The van der Waals surface area contributed by atoms with Crippen LogP contribution >= 0.6 is 0 Å². The molecule has 0 amide bonds. The average Bonchev–Trinajstić information content (AvgIpc) is 2.87. The highest BCUT2D eigenvalue weighted by Gasteiger charge is 2.26. The van der Waals surface area contributed by atoms with E-state index in [9.17, 15) is 10.1 Å². The Balaban J connectivity index is 1.40. The van der Waals surface area contributed by atoms with Gasteiger partial charge in [-0.15, -0.1) is 0 Å². The summed E-state index contributed by atoms with van der Waals surface area (Å²) in [5.74, 6) is 0.482. The number of pyridine rings is 1. The largest absolute Gasteiger partial charge is 0.378 e. The van der Waals surface area contributed by atoms with Crippen molar-refractivity contribution in [2.75, 3.05) is 49.2 Å². The van der Waals surface area contributed by atoms with Crippen molar-refractivity contribution in [3.8, 4) is 6.07 Å². The van der Waals surface area contributed by atoms with Gasteiger partial charge in [0.25, 0.3) is 5.56 Å². The fourth-order valence-corrected chi connectivity index (χ4v) is 5.14. The molecule has 0 saturated carbocycles. The van der Waals surface area contributed by atoms with Gasteiger partial charge >= 0.3 is 0 Å². The quantitative estimate of drug-likeness (QED) is 0.638. The summed E-state index contributed by atoms with van der Waals surface area (Å²) in [7, 11) is 1.74. The number of benzene rings is 2. The smallest absolute Gasteiger partial charge is 0.270 e. The van der Waals surface area contributed by atoms with E-state index in [1.54, 1.807) is 11.6 Å². The van der Waals surface area contributed by atoms with Crippen LogP contribution in [0.1, 0.15) is 29.9 Å². The van der Waals surface area contributed by atoms with E-state index in [1.807, 2.05) is 24.3 Å². The van der Waals surface area contributed by atoms with Crippen LogP contribution in [0, 0.1) is 11.3 Å². The molecule has 6 heteroatoms. The lowest BCUT2D eigenvalue weighted by molar-refractivity contribution is 0.122. The molecule has 0 atom stereocenters. The fourth-order valence-electron chi connectivity index (χ4n) is 5.14. The van der Waals surface area contributed by atoms with Crippen LogP contribution in [-0.4, -0.2) is 44.0 Å². The van der Waals surface area contributed by atoms with Gasteiger partial charge in [-0.2, -0.15) is 5.26 Å². The first kappa shape index (κ1) is 20.6. The number of fused-ring (bicyclic) bond motifs is 1. The Morgan fingerprint density at radius 3 is 2.47 bits per heavy atom. The molecule has 0 bridgehead atoms. The summed E-state index contributed by atoms with van der Waals surface area (Å²) in [6.45, 7) is 5.11. The third-order valence-electron chi connectivity index (χ3n) is 6.92. The molecule has 3 heterocycles. The Morgan fingerprint density at radius 1 is 0.969 bits per heavy atom. The minimum Gasteiger partial charge on any atom is -0.378 e. The van der Waals surface area contributed by atoms with Crippen LogP contribution in [0.3, 0.4) is 0 Å². The first-order valence-corrected chi connectivity index (χ1v) is 11.4. The highest BCUT2D eigenvalue weighted by atomic mass is 16.5. The molecular weight excluding hydrogens is 400 g/mol. The maximum atomic E-state index is 12.9. The van der Waals surface area contributed by atoms with E-state index < -0.39 is 0 Å². The third kappa shape index (κ3) is 3.63. The molecular formula is C26H28N4O2. The Kier molecular flexibility index (Phi) is 5.59. The first-order chi connectivity index (χ1) is 15.7. The number of hydrogen-bond acceptors (Lipinski definition) is 5. The number of aryl methyl sites for hydroxylation is 1. The molecule has 2 aromatic carbocycles. The van der Waals surface area contributed by atoms with Gasteiger partial charge in [0.1, 0.15) is 11.6 Å². The third-order valence-corrected chi connectivity index (χ3v) is 6.92. The summed E-state index contributed by atoms with van der Waals surface area (Å²) < 4.78 is 7.08. The van der Waals surface area contributed by atoms with Crippen molar-refractivity contribution >= 4 is 22.3 Å². The zero-order chi connectivity index (χ0) is 22.1. The Morgan fingerprint density at radius 2 is 1.72 bits per heavy atom. The monoisotopic (exact) mass is 428 g/mol. The van der Waals surface area contributed by atoms with Crippen molar-refractivity contribution < 1.29 is 4.74 Å². The predicted molar refractivity (Wildman–Crippen MR) is 128 cm³/mol. The molecule has 0 spiro atoms. The van der Waals surface area contributed by atoms with Gasteiger partial charge in [0.15, 0.2) is 0 Å². The van der Waals surface area contributed by atoms with Gasteiger partial charge < -0.3 is 19.1 Å². The van der Waals surface area contributed by atoms with Crippen molar-refractivity contribution in [3.63, 3.8) is 0 Å². The number of hydrogen-bond donors (Lipinski definition) is 0. The predicted octanol–water partition coefficient (Wildman–Crippen LogP) is 3.63. The summed E-state index contributed by atoms with van der Waals surface area (Å²) in [5, 5.41) is 10.8. The lowest BCUT2D eigenvalue weighted by Gasteiger charge is -2.35. The van der Waals surface area contributed by atoms with E-state index in [0.717, 1.165) is 68.8 Å². The van der Waals surface area contributed by atoms with Crippen molar-refractivity contribution in [3.05, 3.63) is 70.0 Å². The van der Waals surface area contributed by atoms with Gasteiger partial charge in [0.05, 0.1) is 24.4 Å². The van der Waals surface area contributed by atoms with Crippen molar-refractivity contribution in [2.24, 2.45) is 7.05 Å². The Bertz CT molecular complexity index is 1230. The van der Waals surface area contributed by atoms with Gasteiger partial charge in [-0.05, 0) is 42.5 Å². The van der Waals surface area contributed by atoms with E-state index in [2.05, 4.69) is 40.1 Å². The molecule has 6 nitrogen and oxygen atoms in total. The van der Waals surface area contributed by atoms with E-state index in [0.29, 0.717) is 5.92 Å². The molecule has 164 valence electrons. The SMILES string of the molecule is Cn1c(=O)c(C#N)c(N2CCC(c3cccc(N4CCOCC4)c3)CC2)c2ccccc21. The molecule has 2 aliphatic rings. The van der Waals surface area contributed by atoms with E-state index in [4.69, 9.17) is 4.74 Å². The number of morpholine rings is 1. The average molecular weight is 429 g/mol. The van der Waals surface area contributed by atoms with Gasteiger partial charge in [0, 0.05) is 44.3 Å². The van der Waals surface area contributed by atoms with Crippen LogP contribution in [-0.2, 0) is 11.8 Å². The molecule has 0 aliphatic carbocycles. The van der Waals surface area contributed by atoms with E-state index in [1.165, 1.54) is 11.3 Å². The van der Waals surface area contributed by atoms with Crippen LogP contribution in [0.5, 0.6) is 0 Å². The molecule has 2 aliphatic heterocycles. The maximum Gasteiger partial charge on any atom is 0.270 e. The summed E-state index contributed by atoms with van der Waals surface area (Å²) in [5.41, 5.74) is 4.35. The van der Waals surface area contributed by atoms with E-state index >= 15 is 0 Å². The molecule has 0 N–H and O–H groups in total. The number of nitrogens with zero attached hydrogens (tertiary/aromatic N) is 4. The zero-order valence-corrected chi connectivity index (χ0v) is 18.5. The van der Waals surface area contributed by atoms with Crippen molar-refractivity contribution in [1.29, 1.82) is 5.26 Å². The number of anilines is 2. The minimum atomic E-state index is -0.221. The number of aromatic nitrogens is 1. The van der Waals surface area contributed by atoms with Crippen LogP contribution in [0.15, 0.2) is 53.3 Å². The zero-order valence-electron chi connectivity index (χ0n) is 18.5. The van der Waals surface area contributed by atoms with Gasteiger partial charge in [-0.1, -0.05) is 30.3 Å². The van der Waals surface area contributed by atoms with E-state index in [-0.39, 0.29) is 11.1 Å². The number of piperidine rings is 1. The molecule has 1 aromatic heterocycles. The van der Waals surface area contributed by atoms with Crippen molar-refractivity contribution in [1.82, 2.24) is 4.57 Å². The molecule has 2 saturated heterocycles. The highest BCUT2D eigenvalue weighted by Crippen LogP contribution is 2.35. The lowest BCUT2D eigenvalue weighted by Crippen LogP contribution is -2.36. The topological polar surface area (TPSA) is 61.5 Å². The maximum absolute atomic E-state index is 12.9. The van der Waals surface area contributed by atoms with Crippen LogP contribution < -0.4 is 15.4 Å². The molecule has 2 fully saturated rings. The number of para-hydroxylation sites is 1. The molecule has 32 heavy (non-hydrogen) atoms. The standard InChI is InChI=1S/C26H28N4O2/c1-28-24-8-3-2-7-22(24)25(23(18-27)26(28)31)30-11-9-19(10-12-30)20-5-4-6-21(17-20)29-13-15-32-16-14-29/h2-8,17,19H,9-16H2,1H3. The molecule has 0 radical (unpaired) electrons. The number of nitriles is 1.